The fraction of sp³-hybridized carbons (Fsp3) is 0.500. The van der Waals surface area contributed by atoms with Gasteiger partial charge in [0.25, 0.3) is 0 Å². The second kappa shape index (κ2) is 15.7. The number of ether oxygens (including phenoxy) is 6. The summed E-state index contributed by atoms with van der Waals surface area (Å²) in [6, 6.07) is 6.79. The molecule has 2 aliphatic carbocycles. The number of halogens is 1. The topological polar surface area (TPSA) is 124 Å². The molecule has 2 aromatic carbocycles. The third-order valence-electron chi connectivity index (χ3n) is 7.70. The van der Waals surface area contributed by atoms with Crippen LogP contribution in [0.15, 0.2) is 24.3 Å². The Kier molecular flexibility index (Phi) is 13.0. The van der Waals surface area contributed by atoms with Crippen molar-refractivity contribution in [2.75, 3.05) is 48.0 Å². The van der Waals surface area contributed by atoms with Gasteiger partial charge in [-0.05, 0) is 61.1 Å². The van der Waals surface area contributed by atoms with Crippen molar-refractivity contribution < 1.29 is 47.6 Å². The van der Waals surface area contributed by atoms with Gasteiger partial charge >= 0.3 is 11.9 Å². The smallest absolute Gasteiger partial charge is 0.320 e. The quantitative estimate of drug-likeness (QED) is 0.133. The number of hydrogen-bond acceptors (Lipinski definition) is 10. The van der Waals surface area contributed by atoms with E-state index in [0.29, 0.717) is 53.4 Å². The Balaban J connectivity index is 0.000000304. The minimum atomic E-state index is -1.12. The molecule has 0 fully saturated rings. The second-order valence-corrected chi connectivity index (χ2v) is 10.7. The number of rotatable bonds is 11. The van der Waals surface area contributed by atoms with Gasteiger partial charge in [-0.15, -0.1) is 0 Å². The molecule has 0 amide bonds. The number of ketones is 2. The van der Waals surface area contributed by atoms with Crippen LogP contribution >= 0.6 is 15.9 Å². The number of alkyl halides is 1. The van der Waals surface area contributed by atoms with E-state index in [1.165, 1.54) is 35.5 Å². The highest BCUT2D eigenvalue weighted by molar-refractivity contribution is 9.09. The first-order chi connectivity index (χ1) is 20.2. The minimum absolute atomic E-state index is 0. The second-order valence-electron chi connectivity index (χ2n) is 9.95. The van der Waals surface area contributed by atoms with Crippen LogP contribution in [0.2, 0.25) is 0 Å². The highest BCUT2D eigenvalue weighted by atomic mass is 79.9. The van der Waals surface area contributed by atoms with E-state index in [4.69, 9.17) is 23.7 Å². The molecule has 0 saturated heterocycles. The van der Waals surface area contributed by atoms with E-state index in [9.17, 15) is 19.2 Å². The molecular weight excluding hydrogens is 624 g/mol. The maximum atomic E-state index is 13.0. The van der Waals surface area contributed by atoms with Gasteiger partial charge in [-0.1, -0.05) is 36.2 Å². The van der Waals surface area contributed by atoms with Crippen molar-refractivity contribution in [3.8, 4) is 23.0 Å². The van der Waals surface area contributed by atoms with Crippen LogP contribution < -0.4 is 18.9 Å². The minimum Gasteiger partial charge on any atom is -0.493 e. The molecule has 10 nitrogen and oxygen atoms in total. The van der Waals surface area contributed by atoms with Gasteiger partial charge in [-0.2, -0.15) is 0 Å². The molecule has 43 heavy (non-hydrogen) atoms. The summed E-state index contributed by atoms with van der Waals surface area (Å²) in [5.41, 5.74) is 1.50. The molecule has 0 aromatic heterocycles. The molecule has 0 aliphatic heterocycles. The third kappa shape index (κ3) is 7.14. The Morgan fingerprint density at radius 2 is 1.30 bits per heavy atom. The maximum Gasteiger partial charge on any atom is 0.320 e. The van der Waals surface area contributed by atoms with Gasteiger partial charge < -0.3 is 28.4 Å². The van der Waals surface area contributed by atoms with E-state index in [0.717, 1.165) is 35.7 Å². The predicted molar refractivity (Wildman–Crippen MR) is 164 cm³/mol. The fourth-order valence-electron chi connectivity index (χ4n) is 5.46. The van der Waals surface area contributed by atoms with Crippen LogP contribution in [0.5, 0.6) is 23.0 Å². The van der Waals surface area contributed by atoms with E-state index in [1.54, 1.807) is 31.4 Å². The zero-order chi connectivity index (χ0) is 31.0. The number of Topliss-reactive ketones (excluding diaryl/α,β-unsaturated/α-hetero) is 2. The van der Waals surface area contributed by atoms with Crippen LogP contribution in [0, 0.1) is 11.3 Å². The van der Waals surface area contributed by atoms with Crippen molar-refractivity contribution in [2.24, 2.45) is 11.3 Å². The van der Waals surface area contributed by atoms with Gasteiger partial charge in [0, 0.05) is 16.5 Å². The van der Waals surface area contributed by atoms with Crippen molar-refractivity contribution in [1.29, 1.82) is 0 Å². The molecule has 0 N–H and O–H groups in total. The molecule has 0 spiro atoms. The number of carbonyl (C=O) groups is 4. The van der Waals surface area contributed by atoms with Crippen LogP contribution in [-0.4, -0.2) is 71.5 Å². The largest absolute Gasteiger partial charge is 0.493 e. The molecule has 2 aliphatic rings. The van der Waals surface area contributed by atoms with E-state index in [2.05, 4.69) is 20.7 Å². The Morgan fingerprint density at radius 1 is 0.767 bits per heavy atom. The number of esters is 2. The average Bonchev–Trinajstić information content (AvgIpc) is 3.49. The number of fused-ring (bicyclic) bond motifs is 2. The zero-order valence-corrected chi connectivity index (χ0v) is 26.4. The number of methoxy groups -OCH3 is 6. The Labute approximate surface area is 261 Å². The van der Waals surface area contributed by atoms with Gasteiger partial charge in [0.05, 0.1) is 42.7 Å². The van der Waals surface area contributed by atoms with E-state index < -0.39 is 23.3 Å². The molecular formula is C32H41BrO10. The summed E-state index contributed by atoms with van der Waals surface area (Å²) < 4.78 is 30.5. The number of carbonyl (C=O) groups excluding carboxylic acids is 4. The van der Waals surface area contributed by atoms with Gasteiger partial charge in [0.2, 0.25) is 0 Å². The molecule has 236 valence electrons. The maximum absolute atomic E-state index is 13.0. The van der Waals surface area contributed by atoms with Gasteiger partial charge in [-0.3, -0.25) is 19.2 Å². The van der Waals surface area contributed by atoms with Gasteiger partial charge in [0.15, 0.2) is 34.6 Å². The molecule has 0 heterocycles. The summed E-state index contributed by atoms with van der Waals surface area (Å²) >= 11 is 3.40. The highest BCUT2D eigenvalue weighted by Crippen LogP contribution is 2.45. The molecule has 0 saturated carbocycles. The summed E-state index contributed by atoms with van der Waals surface area (Å²) in [7, 11) is 8.71. The summed E-state index contributed by atoms with van der Waals surface area (Å²) in [6.07, 6.45) is 3.96. The summed E-state index contributed by atoms with van der Waals surface area (Å²) in [5, 5.41) is 0.917. The van der Waals surface area contributed by atoms with E-state index in [-0.39, 0.29) is 19.0 Å². The van der Waals surface area contributed by atoms with Gasteiger partial charge in [0.1, 0.15) is 11.3 Å². The summed E-state index contributed by atoms with van der Waals surface area (Å²) in [6.45, 7) is 0. The van der Waals surface area contributed by atoms with E-state index in [1.807, 2.05) is 0 Å². The first-order valence-corrected chi connectivity index (χ1v) is 14.6. The van der Waals surface area contributed by atoms with Crippen molar-refractivity contribution in [2.45, 2.75) is 46.0 Å². The average molecular weight is 666 g/mol. The standard InChI is InChI=1S/C18H23BrO5.C13H14O5.CH4/c1-22-14-9-12-11-18(17(21)24-3,7-5-4-6-8-19)16(20)13(12)10-15(14)23-2;1-16-10-5-7-4-9(13(15)18-3)12(14)8(7)6-11(10)17-2;/h9-10H,4-8,11H2,1-3H3;5-6,9H,4H2,1-3H3;1H4. The van der Waals surface area contributed by atoms with Crippen LogP contribution in [-0.2, 0) is 31.9 Å². The number of unbranched alkanes of at least 4 members (excludes halogenated alkanes) is 2. The fourth-order valence-corrected chi connectivity index (χ4v) is 5.85. The van der Waals surface area contributed by atoms with Gasteiger partial charge in [-0.25, -0.2) is 0 Å². The first-order valence-electron chi connectivity index (χ1n) is 13.5. The molecule has 2 unspecified atom stereocenters. The van der Waals surface area contributed by atoms with Crippen LogP contribution in [0.3, 0.4) is 0 Å². The molecule has 11 heteroatoms. The lowest BCUT2D eigenvalue weighted by Gasteiger charge is -2.24. The zero-order valence-electron chi connectivity index (χ0n) is 24.8. The molecule has 2 atom stereocenters. The van der Waals surface area contributed by atoms with Crippen molar-refractivity contribution in [1.82, 2.24) is 0 Å². The number of benzene rings is 2. The Morgan fingerprint density at radius 3 is 1.81 bits per heavy atom. The normalized spacial score (nSPS) is 17.9. The third-order valence-corrected chi connectivity index (χ3v) is 8.26. The lowest BCUT2D eigenvalue weighted by Crippen LogP contribution is -2.38. The lowest BCUT2D eigenvalue weighted by atomic mass is 9.78. The van der Waals surface area contributed by atoms with Crippen LogP contribution in [0.25, 0.3) is 0 Å². The summed E-state index contributed by atoms with van der Waals surface area (Å²) in [5.74, 6) is -0.0309. The molecule has 0 bridgehead atoms. The van der Waals surface area contributed by atoms with Crippen molar-refractivity contribution >= 4 is 39.4 Å². The van der Waals surface area contributed by atoms with Crippen LogP contribution in [0.1, 0.15) is 65.0 Å². The highest BCUT2D eigenvalue weighted by Gasteiger charge is 2.52. The summed E-state index contributed by atoms with van der Waals surface area (Å²) in [4.78, 5) is 49.1. The first kappa shape index (κ1) is 35.6. The number of hydrogen-bond donors (Lipinski definition) is 0. The van der Waals surface area contributed by atoms with Crippen LogP contribution in [0.4, 0.5) is 0 Å². The van der Waals surface area contributed by atoms with Crippen molar-refractivity contribution in [3.05, 3.63) is 46.5 Å². The molecule has 0 radical (unpaired) electrons. The van der Waals surface area contributed by atoms with Crippen molar-refractivity contribution in [3.63, 3.8) is 0 Å². The molecule has 4 rings (SSSR count). The van der Waals surface area contributed by atoms with E-state index >= 15 is 0 Å². The SMILES string of the molecule is C.COC(=O)C1(CCCCCBr)Cc2cc(OC)c(OC)cc2C1=O.COC(=O)C1Cc2cc(OC)c(OC)cc2C1=O. The molecule has 2 aromatic rings. The monoisotopic (exact) mass is 664 g/mol. The Bertz CT molecular complexity index is 1340. The Hall–Kier alpha value is -3.60. The lowest BCUT2D eigenvalue weighted by molar-refractivity contribution is -0.150. The predicted octanol–water partition coefficient (Wildman–Crippen LogP) is 5.43.